The number of nitrogens with zero attached hydrogens (tertiary/aromatic N) is 2. The average molecular weight is 225 g/mol. The summed E-state index contributed by atoms with van der Waals surface area (Å²) in [4.78, 5) is 7.48. The minimum absolute atomic E-state index is 0.260. The SMILES string of the molecule is Fc1cnc(OCCC2CCNCC2)nc1. The van der Waals surface area contributed by atoms with Gasteiger partial charge in [0.1, 0.15) is 0 Å². The van der Waals surface area contributed by atoms with Crippen LogP contribution in [0.1, 0.15) is 19.3 Å². The first kappa shape index (κ1) is 11.3. The van der Waals surface area contributed by atoms with Crippen LogP contribution in [0.2, 0.25) is 0 Å². The van der Waals surface area contributed by atoms with Crippen molar-refractivity contribution in [2.75, 3.05) is 19.7 Å². The molecule has 0 aliphatic carbocycles. The Labute approximate surface area is 94.2 Å². The van der Waals surface area contributed by atoms with Gasteiger partial charge in [0.15, 0.2) is 5.82 Å². The first-order valence-corrected chi connectivity index (χ1v) is 5.65. The Morgan fingerprint density at radius 2 is 2.00 bits per heavy atom. The summed E-state index contributed by atoms with van der Waals surface area (Å²) in [6.07, 6.45) is 5.66. The van der Waals surface area contributed by atoms with Crippen molar-refractivity contribution in [3.8, 4) is 6.01 Å². The molecule has 1 aromatic rings. The van der Waals surface area contributed by atoms with Gasteiger partial charge in [0, 0.05) is 0 Å². The van der Waals surface area contributed by atoms with Crippen LogP contribution in [-0.4, -0.2) is 29.7 Å². The van der Waals surface area contributed by atoms with Crippen molar-refractivity contribution < 1.29 is 9.13 Å². The highest BCUT2D eigenvalue weighted by Crippen LogP contribution is 2.15. The molecule has 1 aliphatic heterocycles. The topological polar surface area (TPSA) is 47.0 Å². The van der Waals surface area contributed by atoms with Gasteiger partial charge in [-0.1, -0.05) is 0 Å². The van der Waals surface area contributed by atoms with Crippen molar-refractivity contribution in [2.24, 2.45) is 5.92 Å². The van der Waals surface area contributed by atoms with E-state index in [2.05, 4.69) is 15.3 Å². The lowest BCUT2D eigenvalue weighted by Crippen LogP contribution is -2.28. The Kier molecular flexibility index (Phi) is 4.04. The molecule has 16 heavy (non-hydrogen) atoms. The first-order valence-electron chi connectivity index (χ1n) is 5.65. The molecule has 1 aromatic heterocycles. The van der Waals surface area contributed by atoms with Crippen LogP contribution in [0, 0.1) is 11.7 Å². The van der Waals surface area contributed by atoms with Crippen molar-refractivity contribution >= 4 is 0 Å². The van der Waals surface area contributed by atoms with Crippen LogP contribution in [0.3, 0.4) is 0 Å². The van der Waals surface area contributed by atoms with Crippen LogP contribution < -0.4 is 10.1 Å². The van der Waals surface area contributed by atoms with E-state index in [-0.39, 0.29) is 6.01 Å². The molecule has 5 heteroatoms. The number of hydrogen-bond acceptors (Lipinski definition) is 4. The molecule has 2 heterocycles. The maximum Gasteiger partial charge on any atom is 0.316 e. The molecule has 1 aliphatic rings. The van der Waals surface area contributed by atoms with Gasteiger partial charge in [-0.25, -0.2) is 14.4 Å². The first-order chi connectivity index (χ1) is 7.84. The predicted octanol–water partition coefficient (Wildman–Crippen LogP) is 1.38. The molecular weight excluding hydrogens is 209 g/mol. The van der Waals surface area contributed by atoms with E-state index in [0.717, 1.165) is 37.8 Å². The molecule has 0 aromatic carbocycles. The summed E-state index contributed by atoms with van der Waals surface area (Å²) in [5, 5.41) is 3.32. The van der Waals surface area contributed by atoms with E-state index in [9.17, 15) is 4.39 Å². The fraction of sp³-hybridized carbons (Fsp3) is 0.636. The number of nitrogens with one attached hydrogen (secondary N) is 1. The largest absolute Gasteiger partial charge is 0.463 e. The summed E-state index contributed by atoms with van der Waals surface area (Å²) in [6.45, 7) is 2.80. The minimum atomic E-state index is -0.439. The number of hydrogen-bond donors (Lipinski definition) is 1. The Morgan fingerprint density at radius 3 is 2.69 bits per heavy atom. The van der Waals surface area contributed by atoms with E-state index in [1.54, 1.807) is 0 Å². The van der Waals surface area contributed by atoms with Gasteiger partial charge >= 0.3 is 6.01 Å². The Morgan fingerprint density at radius 1 is 1.31 bits per heavy atom. The van der Waals surface area contributed by atoms with E-state index >= 15 is 0 Å². The highest BCUT2D eigenvalue weighted by molar-refractivity contribution is 4.95. The van der Waals surface area contributed by atoms with E-state index in [1.165, 1.54) is 12.8 Å². The second-order valence-corrected chi connectivity index (χ2v) is 4.01. The summed E-state index contributed by atoms with van der Waals surface area (Å²) in [5.41, 5.74) is 0. The molecular formula is C11H16FN3O. The van der Waals surface area contributed by atoms with Gasteiger partial charge in [-0.05, 0) is 38.3 Å². The average Bonchev–Trinajstić information content (AvgIpc) is 2.33. The number of ether oxygens (including phenoxy) is 1. The van der Waals surface area contributed by atoms with Crippen LogP contribution in [0.4, 0.5) is 4.39 Å². The molecule has 0 amide bonds. The zero-order valence-electron chi connectivity index (χ0n) is 9.16. The van der Waals surface area contributed by atoms with E-state index in [1.807, 2.05) is 0 Å². The summed E-state index contributed by atoms with van der Waals surface area (Å²) in [7, 11) is 0. The zero-order chi connectivity index (χ0) is 11.2. The summed E-state index contributed by atoms with van der Waals surface area (Å²) >= 11 is 0. The minimum Gasteiger partial charge on any atom is -0.463 e. The third-order valence-corrected chi connectivity index (χ3v) is 2.81. The fourth-order valence-corrected chi connectivity index (χ4v) is 1.86. The third kappa shape index (κ3) is 3.41. The quantitative estimate of drug-likeness (QED) is 0.841. The van der Waals surface area contributed by atoms with Crippen molar-refractivity contribution in [2.45, 2.75) is 19.3 Å². The van der Waals surface area contributed by atoms with Gasteiger partial charge in [0.25, 0.3) is 0 Å². The summed E-state index contributed by atoms with van der Waals surface area (Å²) < 4.78 is 17.9. The van der Waals surface area contributed by atoms with Crippen LogP contribution >= 0.6 is 0 Å². The lowest BCUT2D eigenvalue weighted by Gasteiger charge is -2.22. The maximum atomic E-state index is 12.5. The molecule has 0 unspecified atom stereocenters. The van der Waals surface area contributed by atoms with Crippen LogP contribution in [0.25, 0.3) is 0 Å². The molecule has 4 nitrogen and oxygen atoms in total. The van der Waals surface area contributed by atoms with Crippen molar-refractivity contribution in [3.63, 3.8) is 0 Å². The maximum absolute atomic E-state index is 12.5. The second kappa shape index (κ2) is 5.75. The van der Waals surface area contributed by atoms with Gasteiger partial charge < -0.3 is 10.1 Å². The van der Waals surface area contributed by atoms with Crippen LogP contribution in [0.15, 0.2) is 12.4 Å². The third-order valence-electron chi connectivity index (χ3n) is 2.81. The summed E-state index contributed by atoms with van der Waals surface area (Å²) in [6, 6.07) is 0.260. The van der Waals surface area contributed by atoms with Crippen molar-refractivity contribution in [3.05, 3.63) is 18.2 Å². The van der Waals surface area contributed by atoms with Crippen molar-refractivity contribution in [1.29, 1.82) is 0 Å². The smallest absolute Gasteiger partial charge is 0.316 e. The number of piperidine rings is 1. The lowest BCUT2D eigenvalue weighted by atomic mass is 9.95. The second-order valence-electron chi connectivity index (χ2n) is 4.01. The molecule has 0 radical (unpaired) electrons. The Bertz CT molecular complexity index is 312. The predicted molar refractivity (Wildman–Crippen MR) is 57.7 cm³/mol. The fourth-order valence-electron chi connectivity index (χ4n) is 1.86. The van der Waals surface area contributed by atoms with Crippen molar-refractivity contribution in [1.82, 2.24) is 15.3 Å². The molecule has 2 rings (SSSR count). The number of rotatable bonds is 4. The van der Waals surface area contributed by atoms with Crippen LogP contribution in [0.5, 0.6) is 6.01 Å². The van der Waals surface area contributed by atoms with Gasteiger partial charge in [-0.15, -0.1) is 0 Å². The molecule has 88 valence electrons. The Hall–Kier alpha value is -1.23. The lowest BCUT2D eigenvalue weighted by molar-refractivity contribution is 0.237. The highest BCUT2D eigenvalue weighted by atomic mass is 19.1. The van der Waals surface area contributed by atoms with Gasteiger partial charge in [0.2, 0.25) is 0 Å². The van der Waals surface area contributed by atoms with E-state index in [0.29, 0.717) is 6.61 Å². The molecule has 1 saturated heterocycles. The van der Waals surface area contributed by atoms with E-state index in [4.69, 9.17) is 4.74 Å². The number of aromatic nitrogens is 2. The standard InChI is InChI=1S/C11H16FN3O/c12-10-7-14-11(15-8-10)16-6-3-9-1-4-13-5-2-9/h7-9,13H,1-6H2. The van der Waals surface area contributed by atoms with Gasteiger partial charge in [-0.2, -0.15) is 0 Å². The molecule has 0 bridgehead atoms. The van der Waals surface area contributed by atoms with Gasteiger partial charge in [0.05, 0.1) is 19.0 Å². The van der Waals surface area contributed by atoms with E-state index < -0.39 is 5.82 Å². The molecule has 0 spiro atoms. The van der Waals surface area contributed by atoms with Crippen LogP contribution in [-0.2, 0) is 0 Å². The normalized spacial score (nSPS) is 17.3. The molecule has 0 saturated carbocycles. The molecule has 1 fully saturated rings. The summed E-state index contributed by atoms with van der Waals surface area (Å²) in [5.74, 6) is 0.285. The number of halogens is 1. The van der Waals surface area contributed by atoms with Gasteiger partial charge in [-0.3, -0.25) is 0 Å². The molecule has 1 N–H and O–H groups in total. The monoisotopic (exact) mass is 225 g/mol. The highest BCUT2D eigenvalue weighted by Gasteiger charge is 2.12. The Balaban J connectivity index is 1.69. The molecule has 0 atom stereocenters. The zero-order valence-corrected chi connectivity index (χ0v) is 9.16.